The van der Waals surface area contributed by atoms with Crippen LogP contribution in [0.4, 0.5) is 14.5 Å². The number of halogens is 2. The Morgan fingerprint density at radius 3 is 2.88 bits per heavy atom. The molecule has 1 N–H and O–H groups in total. The molecule has 1 aromatic heterocycles. The van der Waals surface area contributed by atoms with Gasteiger partial charge in [-0.05, 0) is 37.8 Å². The molecule has 1 amide bonds. The van der Waals surface area contributed by atoms with E-state index < -0.39 is 11.6 Å². The summed E-state index contributed by atoms with van der Waals surface area (Å²) in [6.07, 6.45) is 1.73. The molecular weight excluding hydrogens is 344 g/mol. The van der Waals surface area contributed by atoms with E-state index in [2.05, 4.69) is 10.3 Å². The van der Waals surface area contributed by atoms with E-state index in [1.165, 1.54) is 17.4 Å². The van der Waals surface area contributed by atoms with Crippen LogP contribution in [-0.2, 0) is 6.42 Å². The normalized spacial score (nSPS) is 17.1. The van der Waals surface area contributed by atoms with Crippen molar-refractivity contribution in [1.82, 2.24) is 10.3 Å². The van der Waals surface area contributed by atoms with Gasteiger partial charge in [0.2, 0.25) is 0 Å². The number of thiazole rings is 1. The fourth-order valence-corrected chi connectivity index (χ4v) is 3.97. The molecule has 2 aromatic rings. The third kappa shape index (κ3) is 3.98. The highest BCUT2D eigenvalue weighted by molar-refractivity contribution is 7.13. The number of nitrogens with zero attached hydrogens (tertiary/aromatic N) is 2. The van der Waals surface area contributed by atoms with Crippen LogP contribution < -0.4 is 10.2 Å². The number of hydrogen-bond acceptors (Lipinski definition) is 4. The second kappa shape index (κ2) is 7.47. The fraction of sp³-hybridized carbons (Fsp3) is 0.444. The fourth-order valence-electron chi connectivity index (χ4n) is 3.05. The summed E-state index contributed by atoms with van der Waals surface area (Å²) in [5.41, 5.74) is 1.45. The zero-order valence-electron chi connectivity index (χ0n) is 14.3. The van der Waals surface area contributed by atoms with Crippen molar-refractivity contribution in [3.05, 3.63) is 45.4 Å². The van der Waals surface area contributed by atoms with Crippen LogP contribution >= 0.6 is 11.3 Å². The van der Waals surface area contributed by atoms with E-state index in [-0.39, 0.29) is 11.8 Å². The second-order valence-corrected chi connectivity index (χ2v) is 7.37. The maximum Gasteiger partial charge on any atom is 0.263 e. The molecule has 0 aliphatic carbocycles. The molecule has 1 atom stereocenters. The summed E-state index contributed by atoms with van der Waals surface area (Å²) < 4.78 is 26.4. The Balaban J connectivity index is 1.55. The number of hydrogen-bond donors (Lipinski definition) is 1. The average Bonchev–Trinajstić information content (AvgIpc) is 3.21. The summed E-state index contributed by atoms with van der Waals surface area (Å²) in [6.45, 7) is 5.92. The Labute approximate surface area is 149 Å². The highest BCUT2D eigenvalue weighted by Gasteiger charge is 2.24. The number of amides is 1. The number of anilines is 1. The van der Waals surface area contributed by atoms with Gasteiger partial charge in [0.1, 0.15) is 4.88 Å². The Hall–Kier alpha value is -2.02. The summed E-state index contributed by atoms with van der Waals surface area (Å²) in [4.78, 5) is 19.4. The number of nitrogens with one attached hydrogen (secondary N) is 1. The van der Waals surface area contributed by atoms with E-state index >= 15 is 0 Å². The molecule has 25 heavy (non-hydrogen) atoms. The van der Waals surface area contributed by atoms with Crippen LogP contribution in [0.2, 0.25) is 0 Å². The summed E-state index contributed by atoms with van der Waals surface area (Å²) in [6, 6.07) is 3.97. The Morgan fingerprint density at radius 1 is 1.40 bits per heavy atom. The first-order valence-corrected chi connectivity index (χ1v) is 9.24. The minimum atomic E-state index is -0.835. The maximum absolute atomic E-state index is 13.4. The molecule has 1 unspecified atom stereocenters. The second-order valence-electron chi connectivity index (χ2n) is 6.28. The van der Waals surface area contributed by atoms with E-state index in [9.17, 15) is 13.6 Å². The highest BCUT2D eigenvalue weighted by atomic mass is 32.1. The molecular formula is C18H21F2N3OS. The zero-order chi connectivity index (χ0) is 18.0. The number of aryl methyl sites for hydroxylation is 2. The van der Waals surface area contributed by atoms with E-state index in [4.69, 9.17) is 0 Å². The van der Waals surface area contributed by atoms with E-state index in [0.717, 1.165) is 36.2 Å². The molecule has 4 nitrogen and oxygen atoms in total. The predicted molar refractivity (Wildman–Crippen MR) is 95.2 cm³/mol. The molecule has 1 fully saturated rings. The number of benzene rings is 1. The van der Waals surface area contributed by atoms with Crippen LogP contribution in [0.3, 0.4) is 0 Å². The van der Waals surface area contributed by atoms with E-state index in [0.29, 0.717) is 23.7 Å². The summed E-state index contributed by atoms with van der Waals surface area (Å²) in [7, 11) is 0. The predicted octanol–water partition coefficient (Wildman–Crippen LogP) is 3.55. The van der Waals surface area contributed by atoms with E-state index in [1.54, 1.807) is 6.07 Å². The molecule has 1 aliphatic heterocycles. The first-order valence-electron chi connectivity index (χ1n) is 8.42. The van der Waals surface area contributed by atoms with Crippen molar-refractivity contribution in [2.24, 2.45) is 5.92 Å². The molecule has 2 heterocycles. The Morgan fingerprint density at radius 2 is 2.20 bits per heavy atom. The summed E-state index contributed by atoms with van der Waals surface area (Å²) in [5, 5.41) is 3.95. The van der Waals surface area contributed by atoms with Crippen molar-refractivity contribution in [2.75, 3.05) is 24.5 Å². The molecule has 3 rings (SSSR count). The number of rotatable bonds is 5. The smallest absolute Gasteiger partial charge is 0.263 e. The van der Waals surface area contributed by atoms with Gasteiger partial charge in [0.05, 0.1) is 10.7 Å². The van der Waals surface area contributed by atoms with Gasteiger partial charge < -0.3 is 10.2 Å². The highest BCUT2D eigenvalue weighted by Crippen LogP contribution is 2.25. The van der Waals surface area contributed by atoms with Gasteiger partial charge >= 0.3 is 0 Å². The molecule has 0 saturated carbocycles. The molecule has 0 bridgehead atoms. The number of carbonyl (C=O) groups excluding carboxylic acids is 1. The topological polar surface area (TPSA) is 45.2 Å². The SMILES string of the molecule is CCc1nc(C)c(C(=O)NCC2CCN(c3ccc(F)c(F)c3)C2)s1. The quantitative estimate of drug-likeness (QED) is 0.881. The largest absolute Gasteiger partial charge is 0.371 e. The zero-order valence-corrected chi connectivity index (χ0v) is 15.1. The Bertz CT molecular complexity index is 778. The lowest BCUT2D eigenvalue weighted by Gasteiger charge is -2.19. The van der Waals surface area contributed by atoms with Crippen molar-refractivity contribution in [3.63, 3.8) is 0 Å². The molecule has 134 valence electrons. The van der Waals surface area contributed by atoms with Gasteiger partial charge in [-0.1, -0.05) is 6.92 Å². The average molecular weight is 365 g/mol. The van der Waals surface area contributed by atoms with Gasteiger partial charge in [0, 0.05) is 31.4 Å². The van der Waals surface area contributed by atoms with Crippen LogP contribution in [0, 0.1) is 24.5 Å². The lowest BCUT2D eigenvalue weighted by molar-refractivity contribution is 0.0951. The molecule has 1 saturated heterocycles. The van der Waals surface area contributed by atoms with Crippen molar-refractivity contribution in [3.8, 4) is 0 Å². The number of carbonyl (C=O) groups is 1. The van der Waals surface area contributed by atoms with E-state index in [1.807, 2.05) is 18.7 Å². The summed E-state index contributed by atoms with van der Waals surface area (Å²) >= 11 is 1.44. The van der Waals surface area contributed by atoms with Gasteiger partial charge in [-0.3, -0.25) is 4.79 Å². The first kappa shape index (κ1) is 17.8. The van der Waals surface area contributed by atoms with Gasteiger partial charge in [0.15, 0.2) is 11.6 Å². The van der Waals surface area contributed by atoms with Crippen LogP contribution in [-0.4, -0.2) is 30.5 Å². The van der Waals surface area contributed by atoms with Gasteiger partial charge in [0.25, 0.3) is 5.91 Å². The maximum atomic E-state index is 13.4. The van der Waals surface area contributed by atoms with Crippen molar-refractivity contribution in [2.45, 2.75) is 26.7 Å². The van der Waals surface area contributed by atoms with Crippen LogP contribution in [0.5, 0.6) is 0 Å². The first-order chi connectivity index (χ1) is 12.0. The minimum absolute atomic E-state index is 0.0824. The van der Waals surface area contributed by atoms with Crippen LogP contribution in [0.15, 0.2) is 18.2 Å². The third-order valence-corrected chi connectivity index (χ3v) is 5.76. The van der Waals surface area contributed by atoms with Crippen LogP contribution in [0.1, 0.15) is 33.7 Å². The van der Waals surface area contributed by atoms with Gasteiger partial charge in [-0.15, -0.1) is 11.3 Å². The number of aromatic nitrogens is 1. The standard InChI is InChI=1S/C18H21F2N3OS/c1-3-16-22-11(2)17(25-16)18(24)21-9-12-6-7-23(10-12)13-4-5-14(19)15(20)8-13/h4-5,8,12H,3,6-7,9-10H2,1-2H3,(H,21,24). The minimum Gasteiger partial charge on any atom is -0.371 e. The molecule has 0 radical (unpaired) electrons. The molecule has 1 aromatic carbocycles. The summed E-state index contributed by atoms with van der Waals surface area (Å²) in [5.74, 6) is -1.46. The third-order valence-electron chi connectivity index (χ3n) is 4.46. The van der Waals surface area contributed by atoms with Gasteiger partial charge in [-0.2, -0.15) is 0 Å². The lowest BCUT2D eigenvalue weighted by atomic mass is 10.1. The molecule has 1 aliphatic rings. The van der Waals surface area contributed by atoms with Crippen molar-refractivity contribution < 1.29 is 13.6 Å². The lowest BCUT2D eigenvalue weighted by Crippen LogP contribution is -2.31. The van der Waals surface area contributed by atoms with Crippen LogP contribution in [0.25, 0.3) is 0 Å². The molecule has 7 heteroatoms. The Kier molecular flexibility index (Phi) is 5.32. The molecule has 0 spiro atoms. The van der Waals surface area contributed by atoms with Crippen molar-refractivity contribution >= 4 is 22.9 Å². The van der Waals surface area contributed by atoms with Crippen molar-refractivity contribution in [1.29, 1.82) is 0 Å². The van der Waals surface area contributed by atoms with Gasteiger partial charge in [-0.25, -0.2) is 13.8 Å². The monoisotopic (exact) mass is 365 g/mol.